The highest BCUT2D eigenvalue weighted by molar-refractivity contribution is 7.80. The van der Waals surface area contributed by atoms with Crippen molar-refractivity contribution >= 4 is 34.6 Å². The second-order valence-electron chi connectivity index (χ2n) is 7.15. The number of halogens is 3. The molecule has 1 amide bonds. The molecule has 0 spiro atoms. The first-order chi connectivity index (χ1) is 13.6. The maximum Gasteiger partial charge on any atom is 0.416 e. The summed E-state index contributed by atoms with van der Waals surface area (Å²) in [6.45, 7) is 5.27. The van der Waals surface area contributed by atoms with Crippen molar-refractivity contribution in [3.63, 3.8) is 0 Å². The molecule has 0 atom stereocenters. The summed E-state index contributed by atoms with van der Waals surface area (Å²) in [4.78, 5) is 14.5. The fourth-order valence-corrected chi connectivity index (χ4v) is 3.64. The van der Waals surface area contributed by atoms with E-state index in [-0.39, 0.29) is 10.8 Å². The third kappa shape index (κ3) is 5.06. The molecule has 154 valence electrons. The van der Waals surface area contributed by atoms with Crippen molar-refractivity contribution in [3.8, 4) is 0 Å². The van der Waals surface area contributed by atoms with Crippen LogP contribution in [-0.2, 0) is 6.18 Å². The molecular weight excluding hydrogens is 399 g/mol. The van der Waals surface area contributed by atoms with Gasteiger partial charge in [0, 0.05) is 18.7 Å². The highest BCUT2D eigenvalue weighted by Crippen LogP contribution is 2.36. The molecule has 0 aliphatic carbocycles. The van der Waals surface area contributed by atoms with Gasteiger partial charge in [-0.3, -0.25) is 10.1 Å². The topological polar surface area (TPSA) is 44.4 Å². The first kappa shape index (κ1) is 21.1. The normalized spacial score (nSPS) is 14.0. The third-order valence-electron chi connectivity index (χ3n) is 4.87. The van der Waals surface area contributed by atoms with E-state index in [9.17, 15) is 18.0 Å². The second kappa shape index (κ2) is 8.41. The van der Waals surface area contributed by atoms with E-state index >= 15 is 0 Å². The van der Waals surface area contributed by atoms with Crippen LogP contribution in [0.5, 0.6) is 0 Å². The largest absolute Gasteiger partial charge is 0.416 e. The number of aryl methyl sites for hydroxylation is 2. The standard InChI is InChI=1S/C21H22F3N3OS/c1-13-5-7-16(14(2)11-13)19(28)26-20(29)25-17-12-15(21(22,23)24)6-8-18(17)27-9-3-4-10-27/h5-8,11-12H,3-4,9-10H2,1-2H3,(H2,25,26,28,29). The molecule has 3 rings (SSSR count). The lowest BCUT2D eigenvalue weighted by Gasteiger charge is -2.23. The lowest BCUT2D eigenvalue weighted by molar-refractivity contribution is -0.137. The predicted molar refractivity (Wildman–Crippen MR) is 112 cm³/mol. The number of carbonyl (C=O) groups excluding carboxylic acids is 1. The summed E-state index contributed by atoms with van der Waals surface area (Å²) in [5.74, 6) is -0.408. The van der Waals surface area contributed by atoms with Crippen molar-refractivity contribution in [2.45, 2.75) is 32.9 Å². The Morgan fingerprint density at radius 1 is 1.07 bits per heavy atom. The van der Waals surface area contributed by atoms with Crippen LogP contribution in [0.25, 0.3) is 0 Å². The number of anilines is 2. The summed E-state index contributed by atoms with van der Waals surface area (Å²) < 4.78 is 39.5. The minimum absolute atomic E-state index is 0.0465. The van der Waals surface area contributed by atoms with Crippen LogP contribution < -0.4 is 15.5 Å². The van der Waals surface area contributed by atoms with Crippen molar-refractivity contribution in [2.75, 3.05) is 23.3 Å². The number of amides is 1. The molecule has 2 aromatic rings. The van der Waals surface area contributed by atoms with Gasteiger partial charge in [0.15, 0.2) is 5.11 Å². The van der Waals surface area contributed by atoms with Gasteiger partial charge < -0.3 is 10.2 Å². The molecule has 0 bridgehead atoms. The maximum absolute atomic E-state index is 13.2. The highest BCUT2D eigenvalue weighted by Gasteiger charge is 2.32. The summed E-state index contributed by atoms with van der Waals surface area (Å²) in [7, 11) is 0. The van der Waals surface area contributed by atoms with Crippen molar-refractivity contribution in [2.24, 2.45) is 0 Å². The predicted octanol–water partition coefficient (Wildman–Crippen LogP) is 5.05. The summed E-state index contributed by atoms with van der Waals surface area (Å²) >= 11 is 5.21. The van der Waals surface area contributed by atoms with Gasteiger partial charge in [-0.05, 0) is 68.7 Å². The number of hydrogen-bond acceptors (Lipinski definition) is 3. The molecule has 0 saturated carbocycles. The average molecular weight is 421 g/mol. The van der Waals surface area contributed by atoms with Crippen molar-refractivity contribution in [1.29, 1.82) is 0 Å². The van der Waals surface area contributed by atoms with Gasteiger partial charge in [0.2, 0.25) is 0 Å². The van der Waals surface area contributed by atoms with E-state index in [1.807, 2.05) is 30.9 Å². The second-order valence-corrected chi connectivity index (χ2v) is 7.56. The Morgan fingerprint density at radius 3 is 2.38 bits per heavy atom. The SMILES string of the molecule is Cc1ccc(C(=O)NC(=S)Nc2cc(C(F)(F)F)ccc2N2CCCC2)c(C)c1. The van der Waals surface area contributed by atoms with E-state index in [2.05, 4.69) is 10.6 Å². The van der Waals surface area contributed by atoms with Crippen LogP contribution in [0.3, 0.4) is 0 Å². The number of nitrogens with one attached hydrogen (secondary N) is 2. The summed E-state index contributed by atoms with van der Waals surface area (Å²) in [6.07, 6.45) is -2.51. The van der Waals surface area contributed by atoms with Gasteiger partial charge >= 0.3 is 6.18 Å². The molecule has 1 heterocycles. The Morgan fingerprint density at radius 2 is 1.76 bits per heavy atom. The fraction of sp³-hybridized carbons (Fsp3) is 0.333. The molecule has 2 N–H and O–H groups in total. The molecule has 4 nitrogen and oxygen atoms in total. The molecule has 1 saturated heterocycles. The lowest BCUT2D eigenvalue weighted by Crippen LogP contribution is -2.35. The van der Waals surface area contributed by atoms with Crippen molar-refractivity contribution < 1.29 is 18.0 Å². The quantitative estimate of drug-likeness (QED) is 0.681. The van der Waals surface area contributed by atoms with Gasteiger partial charge in [-0.2, -0.15) is 13.2 Å². The van der Waals surface area contributed by atoms with Crippen LogP contribution in [-0.4, -0.2) is 24.1 Å². The van der Waals surface area contributed by atoms with E-state index < -0.39 is 17.6 Å². The van der Waals surface area contributed by atoms with Crippen LogP contribution in [0.1, 0.15) is 39.9 Å². The van der Waals surface area contributed by atoms with E-state index in [1.54, 1.807) is 6.07 Å². The molecule has 0 aromatic heterocycles. The molecule has 0 radical (unpaired) electrons. The molecule has 0 unspecified atom stereocenters. The zero-order valence-corrected chi connectivity index (χ0v) is 17.0. The summed E-state index contributed by atoms with van der Waals surface area (Å²) in [5.41, 5.74) is 2.38. The van der Waals surface area contributed by atoms with Gasteiger partial charge in [0.25, 0.3) is 5.91 Å². The Kier molecular flexibility index (Phi) is 6.12. The highest BCUT2D eigenvalue weighted by atomic mass is 32.1. The smallest absolute Gasteiger partial charge is 0.370 e. The molecule has 8 heteroatoms. The fourth-order valence-electron chi connectivity index (χ4n) is 3.44. The van der Waals surface area contributed by atoms with Crippen LogP contribution in [0.15, 0.2) is 36.4 Å². The minimum Gasteiger partial charge on any atom is -0.370 e. The number of hydrogen-bond donors (Lipinski definition) is 2. The number of rotatable bonds is 3. The van der Waals surface area contributed by atoms with Crippen LogP contribution >= 0.6 is 12.2 Å². The Hall–Kier alpha value is -2.61. The van der Waals surface area contributed by atoms with Gasteiger partial charge in [-0.25, -0.2) is 0 Å². The van der Waals surface area contributed by atoms with E-state index in [0.717, 1.165) is 49.2 Å². The number of nitrogens with zero attached hydrogens (tertiary/aromatic N) is 1. The zero-order chi connectivity index (χ0) is 21.2. The lowest BCUT2D eigenvalue weighted by atomic mass is 10.1. The Bertz CT molecular complexity index is 937. The maximum atomic E-state index is 13.2. The molecule has 1 fully saturated rings. The first-order valence-electron chi connectivity index (χ1n) is 9.31. The van der Waals surface area contributed by atoms with E-state index in [4.69, 9.17) is 12.2 Å². The van der Waals surface area contributed by atoms with Crippen molar-refractivity contribution in [3.05, 3.63) is 58.7 Å². The average Bonchev–Trinajstić information content (AvgIpc) is 3.15. The minimum atomic E-state index is -4.47. The van der Waals surface area contributed by atoms with Crippen LogP contribution in [0.2, 0.25) is 0 Å². The van der Waals surface area contributed by atoms with Gasteiger partial charge in [-0.15, -0.1) is 0 Å². The Labute approximate surface area is 173 Å². The number of thiocarbonyl (C=S) groups is 1. The van der Waals surface area contributed by atoms with E-state index in [1.165, 1.54) is 6.07 Å². The zero-order valence-electron chi connectivity index (χ0n) is 16.2. The molecule has 2 aromatic carbocycles. The number of carbonyl (C=O) groups is 1. The number of benzene rings is 2. The molecule has 1 aliphatic heterocycles. The Balaban J connectivity index is 1.81. The van der Waals surface area contributed by atoms with E-state index in [0.29, 0.717) is 11.3 Å². The van der Waals surface area contributed by atoms with Gasteiger partial charge in [0.05, 0.1) is 16.9 Å². The van der Waals surface area contributed by atoms with Crippen molar-refractivity contribution in [1.82, 2.24) is 5.32 Å². The molecule has 29 heavy (non-hydrogen) atoms. The van der Waals surface area contributed by atoms with Crippen LogP contribution in [0.4, 0.5) is 24.5 Å². The first-order valence-corrected chi connectivity index (χ1v) is 9.72. The number of alkyl halides is 3. The van der Waals surface area contributed by atoms with Gasteiger partial charge in [-0.1, -0.05) is 17.7 Å². The molecular formula is C21H22F3N3OS. The van der Waals surface area contributed by atoms with Gasteiger partial charge in [0.1, 0.15) is 0 Å². The van der Waals surface area contributed by atoms with Crippen LogP contribution in [0, 0.1) is 13.8 Å². The summed E-state index contributed by atoms with van der Waals surface area (Å²) in [6, 6.07) is 8.94. The summed E-state index contributed by atoms with van der Waals surface area (Å²) in [5, 5.41) is 5.31. The third-order valence-corrected chi connectivity index (χ3v) is 5.08. The monoisotopic (exact) mass is 421 g/mol. The molecule has 1 aliphatic rings.